The molecule has 13 aromatic carbocycles. The second-order valence-corrected chi connectivity index (χ2v) is 24.4. The van der Waals surface area contributed by atoms with Gasteiger partial charge in [-0.2, -0.15) is 0 Å². The van der Waals surface area contributed by atoms with E-state index in [1.54, 1.807) is 0 Å². The molecule has 0 unspecified atom stereocenters. The van der Waals surface area contributed by atoms with Gasteiger partial charge in [-0.25, -0.2) is 0 Å². The van der Waals surface area contributed by atoms with Crippen LogP contribution in [0.5, 0.6) is 0 Å². The van der Waals surface area contributed by atoms with E-state index in [-0.39, 0.29) is 0 Å². The van der Waals surface area contributed by atoms with Gasteiger partial charge in [0.1, 0.15) is 8.07 Å². The molecule has 1 aliphatic rings. The van der Waals surface area contributed by atoms with Crippen molar-refractivity contribution in [2.75, 3.05) is 9.80 Å². The second-order valence-electron chi connectivity index (χ2n) is 20.0. The van der Waals surface area contributed by atoms with Gasteiger partial charge in [-0.15, -0.1) is 0 Å². The number of nitrogens with zero attached hydrogens (tertiary/aromatic N) is 2. The van der Waals surface area contributed by atoms with Crippen molar-refractivity contribution in [3.63, 3.8) is 0 Å². The molecule has 0 aliphatic carbocycles. The van der Waals surface area contributed by atoms with Crippen molar-refractivity contribution in [1.29, 1.82) is 0 Å². The highest BCUT2D eigenvalue weighted by atomic mass is 28.3. The molecule has 0 amide bonds. The summed E-state index contributed by atoms with van der Waals surface area (Å²) in [5.41, 5.74) is 14.5. The van der Waals surface area contributed by atoms with E-state index in [9.17, 15) is 0 Å². The number of anilines is 6. The Morgan fingerprint density at radius 1 is 0.260 bits per heavy atom. The Morgan fingerprint density at radius 3 is 1.30 bits per heavy atom. The zero-order valence-corrected chi connectivity index (χ0v) is 41.8. The van der Waals surface area contributed by atoms with Gasteiger partial charge in [0.2, 0.25) is 0 Å². The van der Waals surface area contributed by atoms with Gasteiger partial charge in [-0.1, -0.05) is 207 Å². The summed E-state index contributed by atoms with van der Waals surface area (Å²) in [5, 5.41) is 15.8. The van der Waals surface area contributed by atoms with Crippen molar-refractivity contribution in [2.45, 2.75) is 13.1 Å². The molecule has 0 radical (unpaired) electrons. The van der Waals surface area contributed by atoms with Crippen LogP contribution in [0.1, 0.15) is 0 Å². The Hall–Kier alpha value is -9.02. The zero-order chi connectivity index (χ0) is 48.6. The van der Waals surface area contributed by atoms with Gasteiger partial charge in [-0.05, 0) is 160 Å². The Balaban J connectivity index is 0.867. The number of hydrogen-bond donors (Lipinski definition) is 0. The summed E-state index contributed by atoms with van der Waals surface area (Å²) in [7, 11) is -2.19. The lowest BCUT2D eigenvalue weighted by molar-refractivity contribution is 1.30. The molecule has 1 aliphatic heterocycles. The summed E-state index contributed by atoms with van der Waals surface area (Å²) in [5.74, 6) is 0. The predicted molar refractivity (Wildman–Crippen MR) is 316 cm³/mol. The maximum absolute atomic E-state index is 2.55. The zero-order valence-electron chi connectivity index (χ0n) is 40.8. The van der Waals surface area contributed by atoms with Gasteiger partial charge in [-0.3, -0.25) is 0 Å². The average Bonchev–Trinajstić information content (AvgIpc) is 3.45. The van der Waals surface area contributed by atoms with Crippen LogP contribution in [0.4, 0.5) is 34.1 Å². The molecule has 344 valence electrons. The standard InChI is InChI=1S/C70H50N2Si/c1-73(2)68-33-17-30-61-64-45-62(50-36-41-55(42-37-50)72(53-24-7-4-8-25-53)67-32-16-21-49-19-10-12-27-57(49)67)58-28-13-14-29-59(58)63(64)46-65(70(61)68)60-43-38-51(44-69(60)73)47-34-39-54(40-35-47)71(52-22-5-3-6-23-52)66-31-15-20-48-18-9-11-26-56(48)66/h3-46H,1-2H3. The third-order valence-corrected chi connectivity index (χ3v) is 19.1. The first kappa shape index (κ1) is 42.8. The minimum absolute atomic E-state index is 1.12. The van der Waals surface area contributed by atoms with Crippen LogP contribution in [0.15, 0.2) is 267 Å². The normalized spacial score (nSPS) is 12.6. The lowest BCUT2D eigenvalue weighted by Crippen LogP contribution is -2.55. The van der Waals surface area contributed by atoms with Crippen molar-refractivity contribution in [3.05, 3.63) is 267 Å². The lowest BCUT2D eigenvalue weighted by atomic mass is 9.87. The highest BCUT2D eigenvalue weighted by molar-refractivity contribution is 7.03. The first-order valence-electron chi connectivity index (χ1n) is 25.4. The minimum Gasteiger partial charge on any atom is -0.310 e. The second kappa shape index (κ2) is 17.1. The van der Waals surface area contributed by atoms with Crippen LogP contribution in [-0.2, 0) is 0 Å². The average molecular weight is 947 g/mol. The highest BCUT2D eigenvalue weighted by Crippen LogP contribution is 2.46. The summed E-state index contributed by atoms with van der Waals surface area (Å²) in [6.07, 6.45) is 0. The summed E-state index contributed by atoms with van der Waals surface area (Å²) in [6, 6.07) is 98.8. The summed E-state index contributed by atoms with van der Waals surface area (Å²) in [6.45, 7) is 5.10. The van der Waals surface area contributed by atoms with E-state index in [2.05, 4.69) is 290 Å². The van der Waals surface area contributed by atoms with E-state index in [0.717, 1.165) is 28.4 Å². The highest BCUT2D eigenvalue weighted by Gasteiger charge is 2.36. The van der Waals surface area contributed by atoms with Crippen LogP contribution in [0.25, 0.3) is 87.2 Å². The van der Waals surface area contributed by atoms with E-state index in [1.807, 2.05) is 0 Å². The molecule has 1 heterocycles. The van der Waals surface area contributed by atoms with Crippen LogP contribution in [0, 0.1) is 0 Å². The Labute approximate surface area is 427 Å². The van der Waals surface area contributed by atoms with Crippen LogP contribution in [-0.4, -0.2) is 8.07 Å². The summed E-state index contributed by atoms with van der Waals surface area (Å²) < 4.78 is 0. The van der Waals surface area contributed by atoms with Crippen molar-refractivity contribution >= 4 is 106 Å². The Morgan fingerprint density at radius 2 is 0.699 bits per heavy atom. The van der Waals surface area contributed by atoms with E-state index >= 15 is 0 Å². The van der Waals surface area contributed by atoms with Crippen molar-refractivity contribution < 1.29 is 0 Å². The Bertz CT molecular complexity index is 4270. The van der Waals surface area contributed by atoms with Gasteiger partial charge in [0.05, 0.1) is 11.4 Å². The third kappa shape index (κ3) is 6.99. The number of rotatable bonds is 8. The molecule has 3 heteroatoms. The smallest absolute Gasteiger partial charge is 0.113 e. The maximum Gasteiger partial charge on any atom is 0.113 e. The van der Waals surface area contributed by atoms with Crippen LogP contribution >= 0.6 is 0 Å². The van der Waals surface area contributed by atoms with Crippen molar-refractivity contribution in [1.82, 2.24) is 0 Å². The van der Waals surface area contributed by atoms with Crippen LogP contribution in [0.3, 0.4) is 0 Å². The molecule has 0 spiro atoms. The molecule has 2 nitrogen and oxygen atoms in total. The van der Waals surface area contributed by atoms with E-state index in [4.69, 9.17) is 0 Å². The molecule has 0 N–H and O–H groups in total. The third-order valence-electron chi connectivity index (χ3n) is 15.6. The number of benzene rings is 13. The monoisotopic (exact) mass is 946 g/mol. The fraction of sp³-hybridized carbons (Fsp3) is 0.0286. The molecule has 0 atom stereocenters. The lowest BCUT2D eigenvalue weighted by Gasteiger charge is -2.34. The van der Waals surface area contributed by atoms with Gasteiger partial charge in [0.25, 0.3) is 0 Å². The van der Waals surface area contributed by atoms with Gasteiger partial charge < -0.3 is 9.80 Å². The number of fused-ring (bicyclic) bond motifs is 8. The fourth-order valence-electron chi connectivity index (χ4n) is 12.1. The number of para-hydroxylation sites is 2. The van der Waals surface area contributed by atoms with Crippen molar-refractivity contribution in [2.24, 2.45) is 0 Å². The molecule has 0 saturated heterocycles. The van der Waals surface area contributed by atoms with E-state index in [0.29, 0.717) is 0 Å². The molecule has 0 aromatic heterocycles. The van der Waals surface area contributed by atoms with E-state index in [1.165, 1.54) is 103 Å². The molecular weight excluding hydrogens is 897 g/mol. The summed E-state index contributed by atoms with van der Waals surface area (Å²) in [4.78, 5) is 4.77. The fourth-order valence-corrected chi connectivity index (χ4v) is 15.2. The first-order chi connectivity index (χ1) is 36.0. The molecule has 13 aromatic rings. The topological polar surface area (TPSA) is 6.48 Å². The molecular formula is C70H50N2Si. The largest absolute Gasteiger partial charge is 0.310 e. The molecule has 14 rings (SSSR count). The van der Waals surface area contributed by atoms with Gasteiger partial charge in [0.15, 0.2) is 0 Å². The summed E-state index contributed by atoms with van der Waals surface area (Å²) >= 11 is 0. The quantitative estimate of drug-likeness (QED) is 0.111. The Kier molecular flexibility index (Phi) is 10.0. The SMILES string of the molecule is C[Si]1(C)c2cc(-c3ccc(N(c4ccccc4)c4cccc5ccccc45)cc3)ccc2-c2cc3c4ccccc4c(-c4ccc(N(c5ccccc5)c5cccc6ccccc56)cc4)cc3c3cccc1c23. The molecule has 0 fully saturated rings. The first-order valence-corrected chi connectivity index (χ1v) is 28.4. The van der Waals surface area contributed by atoms with Crippen molar-refractivity contribution in [3.8, 4) is 33.4 Å². The molecule has 73 heavy (non-hydrogen) atoms. The van der Waals surface area contributed by atoms with E-state index < -0.39 is 8.07 Å². The van der Waals surface area contributed by atoms with Crippen LogP contribution in [0.2, 0.25) is 13.1 Å². The maximum atomic E-state index is 2.55. The minimum atomic E-state index is -2.19. The van der Waals surface area contributed by atoms with Crippen LogP contribution < -0.4 is 20.2 Å². The predicted octanol–water partition coefficient (Wildman–Crippen LogP) is 18.5. The van der Waals surface area contributed by atoms with Gasteiger partial charge in [0, 0.05) is 33.5 Å². The van der Waals surface area contributed by atoms with Gasteiger partial charge >= 0.3 is 0 Å². The number of hydrogen-bond acceptors (Lipinski definition) is 2. The molecule has 0 saturated carbocycles. The molecule has 0 bridgehead atoms.